The quantitative estimate of drug-likeness (QED) is 0.854. The van der Waals surface area contributed by atoms with Crippen LogP contribution in [-0.2, 0) is 6.54 Å². The third-order valence-electron chi connectivity index (χ3n) is 3.10. The summed E-state index contributed by atoms with van der Waals surface area (Å²) >= 11 is 0. The number of benzene rings is 2. The number of hydrogen-bond donors (Lipinski definition) is 2. The molecule has 0 fully saturated rings. The monoisotopic (exact) mass is 287 g/mol. The molecule has 0 aliphatic carbocycles. The Morgan fingerprint density at radius 2 is 1.81 bits per heavy atom. The van der Waals surface area contributed by atoms with E-state index in [1.165, 1.54) is 0 Å². The fourth-order valence-electron chi connectivity index (χ4n) is 2.02. The van der Waals surface area contributed by atoms with Gasteiger partial charge in [0.1, 0.15) is 0 Å². The number of rotatable bonds is 6. The van der Waals surface area contributed by atoms with Crippen LogP contribution in [-0.4, -0.2) is 25.3 Å². The molecule has 110 valence electrons. The summed E-state index contributed by atoms with van der Waals surface area (Å²) in [4.78, 5) is 10.8. The topological polar surface area (TPSA) is 67.8 Å². The average molecular weight is 287 g/mol. The fourth-order valence-corrected chi connectivity index (χ4v) is 2.02. The van der Waals surface area contributed by atoms with Crippen LogP contribution in [0.25, 0.3) is 0 Å². The number of carboxylic acid groups (broad SMARTS) is 1. The van der Waals surface area contributed by atoms with Gasteiger partial charge >= 0.3 is 5.97 Å². The lowest BCUT2D eigenvalue weighted by molar-refractivity contribution is 0.0697. The summed E-state index contributed by atoms with van der Waals surface area (Å²) in [6.45, 7) is 0.548. The normalized spacial score (nSPS) is 10.0. The van der Waals surface area contributed by atoms with E-state index in [-0.39, 0.29) is 5.56 Å². The third-order valence-corrected chi connectivity index (χ3v) is 3.10. The minimum atomic E-state index is -0.934. The van der Waals surface area contributed by atoms with E-state index < -0.39 is 5.97 Å². The van der Waals surface area contributed by atoms with Gasteiger partial charge in [-0.15, -0.1) is 0 Å². The first-order valence-electron chi connectivity index (χ1n) is 6.42. The van der Waals surface area contributed by atoms with Gasteiger partial charge in [-0.1, -0.05) is 12.1 Å². The number of hydrogen-bond acceptors (Lipinski definition) is 4. The number of aromatic carboxylic acids is 1. The van der Waals surface area contributed by atoms with Crippen LogP contribution in [0.3, 0.4) is 0 Å². The van der Waals surface area contributed by atoms with Gasteiger partial charge < -0.3 is 19.9 Å². The highest BCUT2D eigenvalue weighted by Crippen LogP contribution is 2.31. The molecule has 2 aromatic carbocycles. The van der Waals surface area contributed by atoms with Gasteiger partial charge in [-0.3, -0.25) is 0 Å². The van der Waals surface area contributed by atoms with Gasteiger partial charge in [0.25, 0.3) is 0 Å². The predicted molar refractivity (Wildman–Crippen MR) is 80.3 cm³/mol. The van der Waals surface area contributed by atoms with Gasteiger partial charge in [-0.25, -0.2) is 4.79 Å². The van der Waals surface area contributed by atoms with Crippen molar-refractivity contribution in [1.82, 2.24) is 0 Å². The minimum absolute atomic E-state index is 0.263. The van der Waals surface area contributed by atoms with Crippen LogP contribution < -0.4 is 14.8 Å². The molecule has 0 aliphatic rings. The van der Waals surface area contributed by atoms with Crippen LogP contribution in [0.2, 0.25) is 0 Å². The van der Waals surface area contributed by atoms with Crippen molar-refractivity contribution in [3.05, 3.63) is 53.6 Å². The standard InChI is InChI=1S/C16H17NO4/c1-20-14-5-3-4-12(15(14)21-2)10-17-13-8-6-11(7-9-13)16(18)19/h3-9,17H,10H2,1-2H3,(H,18,19). The van der Waals surface area contributed by atoms with Gasteiger partial charge in [-0.2, -0.15) is 0 Å². The highest BCUT2D eigenvalue weighted by molar-refractivity contribution is 5.87. The SMILES string of the molecule is COc1cccc(CNc2ccc(C(=O)O)cc2)c1OC. The Kier molecular flexibility index (Phi) is 4.66. The summed E-state index contributed by atoms with van der Waals surface area (Å²) in [5, 5.41) is 12.1. The largest absolute Gasteiger partial charge is 0.493 e. The van der Waals surface area contributed by atoms with Gasteiger partial charge in [-0.05, 0) is 30.3 Å². The Balaban J connectivity index is 2.11. The van der Waals surface area contributed by atoms with Crippen molar-refractivity contribution in [2.24, 2.45) is 0 Å². The van der Waals surface area contributed by atoms with E-state index in [1.54, 1.807) is 38.5 Å². The second kappa shape index (κ2) is 6.65. The molecule has 0 amide bonds. The van der Waals surface area contributed by atoms with E-state index in [4.69, 9.17) is 14.6 Å². The lowest BCUT2D eigenvalue weighted by Crippen LogP contribution is -2.03. The summed E-state index contributed by atoms with van der Waals surface area (Å²) in [5.74, 6) is 0.434. The summed E-state index contributed by atoms with van der Waals surface area (Å²) in [5.41, 5.74) is 2.06. The summed E-state index contributed by atoms with van der Waals surface area (Å²) in [7, 11) is 3.20. The van der Waals surface area contributed by atoms with Crippen molar-refractivity contribution in [3.8, 4) is 11.5 Å². The molecule has 0 spiro atoms. The Morgan fingerprint density at radius 1 is 1.10 bits per heavy atom. The van der Waals surface area contributed by atoms with E-state index in [2.05, 4.69) is 5.32 Å². The van der Waals surface area contributed by atoms with Crippen molar-refractivity contribution in [1.29, 1.82) is 0 Å². The number of carbonyl (C=O) groups is 1. The molecule has 2 N–H and O–H groups in total. The van der Waals surface area contributed by atoms with Gasteiger partial charge in [0.15, 0.2) is 11.5 Å². The number of carboxylic acids is 1. The van der Waals surface area contributed by atoms with E-state index in [0.717, 1.165) is 11.3 Å². The zero-order valence-electron chi connectivity index (χ0n) is 11.9. The Bertz CT molecular complexity index is 623. The lowest BCUT2D eigenvalue weighted by atomic mass is 10.1. The maximum atomic E-state index is 10.8. The molecular weight excluding hydrogens is 270 g/mol. The predicted octanol–water partition coefficient (Wildman–Crippen LogP) is 3.01. The molecule has 21 heavy (non-hydrogen) atoms. The van der Waals surface area contributed by atoms with E-state index in [1.807, 2.05) is 18.2 Å². The van der Waals surface area contributed by atoms with Gasteiger partial charge in [0.05, 0.1) is 19.8 Å². The van der Waals surface area contributed by atoms with Crippen LogP contribution in [0.4, 0.5) is 5.69 Å². The Hall–Kier alpha value is -2.69. The number of ether oxygens (including phenoxy) is 2. The first-order valence-corrected chi connectivity index (χ1v) is 6.42. The smallest absolute Gasteiger partial charge is 0.335 e. The molecule has 0 atom stereocenters. The molecule has 5 nitrogen and oxygen atoms in total. The average Bonchev–Trinajstić information content (AvgIpc) is 2.52. The van der Waals surface area contributed by atoms with E-state index in [9.17, 15) is 4.79 Å². The molecule has 0 saturated carbocycles. The van der Waals surface area contributed by atoms with Crippen LogP contribution in [0.1, 0.15) is 15.9 Å². The highest BCUT2D eigenvalue weighted by atomic mass is 16.5. The van der Waals surface area contributed by atoms with Gasteiger partial charge in [0.2, 0.25) is 0 Å². The molecule has 2 rings (SSSR count). The number of methoxy groups -OCH3 is 2. The van der Waals surface area contributed by atoms with Crippen LogP contribution in [0.15, 0.2) is 42.5 Å². The maximum Gasteiger partial charge on any atom is 0.335 e. The summed E-state index contributed by atoms with van der Waals surface area (Å²) < 4.78 is 10.6. The molecule has 0 radical (unpaired) electrons. The van der Waals surface area contributed by atoms with Gasteiger partial charge in [0, 0.05) is 17.8 Å². The van der Waals surface area contributed by atoms with Crippen LogP contribution in [0, 0.1) is 0 Å². The van der Waals surface area contributed by atoms with Crippen molar-refractivity contribution < 1.29 is 19.4 Å². The third kappa shape index (κ3) is 3.45. The molecule has 0 bridgehead atoms. The molecule has 0 saturated heterocycles. The molecule has 0 aliphatic heterocycles. The fraction of sp³-hybridized carbons (Fsp3) is 0.188. The molecule has 0 unspecified atom stereocenters. The highest BCUT2D eigenvalue weighted by Gasteiger charge is 2.09. The zero-order chi connectivity index (χ0) is 15.2. The molecule has 0 heterocycles. The summed E-state index contributed by atoms with van der Waals surface area (Å²) in [6.07, 6.45) is 0. The Labute approximate surface area is 123 Å². The molecule has 2 aromatic rings. The molecule has 0 aromatic heterocycles. The van der Waals surface area contributed by atoms with Crippen molar-refractivity contribution >= 4 is 11.7 Å². The second-order valence-corrected chi connectivity index (χ2v) is 4.39. The lowest BCUT2D eigenvalue weighted by Gasteiger charge is -2.13. The van der Waals surface area contributed by atoms with Crippen molar-refractivity contribution in [2.45, 2.75) is 6.54 Å². The van der Waals surface area contributed by atoms with E-state index in [0.29, 0.717) is 18.0 Å². The first kappa shape index (κ1) is 14.7. The maximum absolute atomic E-state index is 10.8. The van der Waals surface area contributed by atoms with Crippen molar-refractivity contribution in [2.75, 3.05) is 19.5 Å². The zero-order valence-corrected chi connectivity index (χ0v) is 11.9. The molecule has 5 heteroatoms. The second-order valence-electron chi connectivity index (χ2n) is 4.39. The minimum Gasteiger partial charge on any atom is -0.493 e. The first-order chi connectivity index (χ1) is 10.2. The number of para-hydroxylation sites is 1. The number of nitrogens with one attached hydrogen (secondary N) is 1. The Morgan fingerprint density at radius 3 is 2.38 bits per heavy atom. The van der Waals surface area contributed by atoms with Crippen molar-refractivity contribution in [3.63, 3.8) is 0 Å². The van der Waals surface area contributed by atoms with Crippen LogP contribution >= 0.6 is 0 Å². The molecular formula is C16H17NO4. The number of anilines is 1. The summed E-state index contributed by atoms with van der Waals surface area (Å²) in [6, 6.07) is 12.3. The van der Waals surface area contributed by atoms with E-state index >= 15 is 0 Å². The van der Waals surface area contributed by atoms with Crippen LogP contribution in [0.5, 0.6) is 11.5 Å².